The van der Waals surface area contributed by atoms with Gasteiger partial charge in [-0.3, -0.25) is 0 Å². The van der Waals surface area contributed by atoms with Crippen LogP contribution in [0.2, 0.25) is 5.02 Å². The van der Waals surface area contributed by atoms with Gasteiger partial charge in [0.05, 0.1) is 19.4 Å². The summed E-state index contributed by atoms with van der Waals surface area (Å²) in [5.74, 6) is 1.80. The van der Waals surface area contributed by atoms with Crippen LogP contribution >= 0.6 is 11.6 Å². The molecule has 0 amide bonds. The number of hydrogen-bond acceptors (Lipinski definition) is 3. The minimum atomic E-state index is 0.660. The van der Waals surface area contributed by atoms with Gasteiger partial charge in [0.25, 0.3) is 0 Å². The first-order valence-corrected chi connectivity index (χ1v) is 6.10. The van der Waals surface area contributed by atoms with Crippen LogP contribution in [0, 0.1) is 0 Å². The van der Waals surface area contributed by atoms with E-state index in [-0.39, 0.29) is 0 Å². The van der Waals surface area contributed by atoms with E-state index in [0.29, 0.717) is 13.1 Å². The van der Waals surface area contributed by atoms with Crippen molar-refractivity contribution in [2.24, 2.45) is 0 Å². The monoisotopic (exact) mass is 261 g/mol. The molecule has 0 aliphatic carbocycles. The maximum absolute atomic E-state index is 5.93. The van der Waals surface area contributed by atoms with Crippen molar-refractivity contribution >= 4 is 22.6 Å². The Hall–Kier alpha value is -1.71. The van der Waals surface area contributed by atoms with Gasteiger partial charge in [-0.05, 0) is 36.4 Å². The molecule has 3 aromatic rings. The molecular formula is C14H12ClNO2. The Morgan fingerprint density at radius 2 is 1.94 bits per heavy atom. The number of benzene rings is 1. The van der Waals surface area contributed by atoms with Crippen molar-refractivity contribution in [3.8, 4) is 0 Å². The van der Waals surface area contributed by atoms with Gasteiger partial charge in [0.2, 0.25) is 0 Å². The third kappa shape index (κ3) is 2.42. The second kappa shape index (κ2) is 4.88. The molecule has 1 aromatic carbocycles. The topological polar surface area (TPSA) is 38.3 Å². The third-order valence-electron chi connectivity index (χ3n) is 2.71. The molecule has 0 saturated carbocycles. The fraction of sp³-hybridized carbons (Fsp3) is 0.143. The molecule has 1 N–H and O–H groups in total. The van der Waals surface area contributed by atoms with Gasteiger partial charge in [-0.15, -0.1) is 0 Å². The Morgan fingerprint density at radius 3 is 2.78 bits per heavy atom. The number of rotatable bonds is 4. The number of halogens is 1. The zero-order valence-corrected chi connectivity index (χ0v) is 10.4. The van der Waals surface area contributed by atoms with Crippen LogP contribution < -0.4 is 5.32 Å². The molecule has 2 heterocycles. The average molecular weight is 262 g/mol. The van der Waals surface area contributed by atoms with E-state index in [2.05, 4.69) is 5.32 Å². The van der Waals surface area contributed by atoms with Crippen LogP contribution in [-0.4, -0.2) is 0 Å². The van der Waals surface area contributed by atoms with Crippen molar-refractivity contribution in [1.82, 2.24) is 5.32 Å². The quantitative estimate of drug-likeness (QED) is 0.772. The minimum absolute atomic E-state index is 0.660. The maximum Gasteiger partial charge on any atom is 0.134 e. The smallest absolute Gasteiger partial charge is 0.134 e. The first kappa shape index (κ1) is 11.4. The van der Waals surface area contributed by atoms with Crippen LogP contribution in [0.25, 0.3) is 11.0 Å². The Bertz CT molecular complexity index is 643. The lowest BCUT2D eigenvalue weighted by Crippen LogP contribution is -2.11. The molecule has 0 fully saturated rings. The van der Waals surface area contributed by atoms with E-state index < -0.39 is 0 Å². The van der Waals surface area contributed by atoms with Gasteiger partial charge in [-0.1, -0.05) is 11.6 Å². The Labute approximate surface area is 109 Å². The first-order valence-electron chi connectivity index (χ1n) is 5.72. The van der Waals surface area contributed by atoms with E-state index in [1.807, 2.05) is 36.4 Å². The Balaban J connectivity index is 1.67. The van der Waals surface area contributed by atoms with Crippen LogP contribution in [0.15, 0.2) is 51.5 Å². The van der Waals surface area contributed by atoms with E-state index in [1.165, 1.54) is 0 Å². The van der Waals surface area contributed by atoms with E-state index in [4.69, 9.17) is 20.4 Å². The van der Waals surface area contributed by atoms with Gasteiger partial charge in [0, 0.05) is 10.4 Å². The molecule has 92 valence electrons. The number of furan rings is 2. The third-order valence-corrected chi connectivity index (χ3v) is 2.94. The predicted octanol–water partition coefficient (Wildman–Crippen LogP) is 3.97. The molecule has 0 atom stereocenters. The van der Waals surface area contributed by atoms with E-state index in [1.54, 1.807) is 6.26 Å². The Morgan fingerprint density at radius 1 is 1.06 bits per heavy atom. The van der Waals surface area contributed by atoms with Crippen molar-refractivity contribution in [2.75, 3.05) is 0 Å². The molecule has 0 aliphatic rings. The number of fused-ring (bicyclic) bond motifs is 1. The van der Waals surface area contributed by atoms with Crippen molar-refractivity contribution in [3.63, 3.8) is 0 Å². The summed E-state index contributed by atoms with van der Waals surface area (Å²) in [4.78, 5) is 0. The SMILES string of the molecule is Clc1ccc2oc(CNCc3ccco3)cc2c1. The van der Waals surface area contributed by atoms with E-state index in [9.17, 15) is 0 Å². The molecular weight excluding hydrogens is 250 g/mol. The first-order chi connectivity index (χ1) is 8.81. The van der Waals surface area contributed by atoms with Crippen LogP contribution in [0.3, 0.4) is 0 Å². The molecule has 18 heavy (non-hydrogen) atoms. The predicted molar refractivity (Wildman–Crippen MR) is 70.5 cm³/mol. The highest BCUT2D eigenvalue weighted by atomic mass is 35.5. The molecule has 0 aliphatic heterocycles. The largest absolute Gasteiger partial charge is 0.468 e. The standard InChI is InChI=1S/C14H12ClNO2/c15-11-3-4-14-10(6-11)7-13(18-14)9-16-8-12-2-1-5-17-12/h1-7,16H,8-9H2. The number of hydrogen-bond donors (Lipinski definition) is 1. The molecule has 3 nitrogen and oxygen atoms in total. The van der Waals surface area contributed by atoms with Gasteiger partial charge in [-0.2, -0.15) is 0 Å². The summed E-state index contributed by atoms with van der Waals surface area (Å²) in [6.07, 6.45) is 1.67. The highest BCUT2D eigenvalue weighted by Crippen LogP contribution is 2.22. The minimum Gasteiger partial charge on any atom is -0.468 e. The summed E-state index contributed by atoms with van der Waals surface area (Å²) >= 11 is 5.93. The van der Waals surface area contributed by atoms with Crippen LogP contribution in [-0.2, 0) is 13.1 Å². The summed E-state index contributed by atoms with van der Waals surface area (Å²) in [6, 6.07) is 11.4. The van der Waals surface area contributed by atoms with Gasteiger partial charge < -0.3 is 14.2 Å². The molecule has 4 heteroatoms. The summed E-state index contributed by atoms with van der Waals surface area (Å²) < 4.78 is 10.9. The zero-order chi connectivity index (χ0) is 12.4. The maximum atomic E-state index is 5.93. The van der Waals surface area contributed by atoms with Gasteiger partial charge in [-0.25, -0.2) is 0 Å². The van der Waals surface area contributed by atoms with Crippen molar-refractivity contribution in [2.45, 2.75) is 13.1 Å². The van der Waals surface area contributed by atoms with Crippen molar-refractivity contribution < 1.29 is 8.83 Å². The molecule has 0 radical (unpaired) electrons. The van der Waals surface area contributed by atoms with E-state index in [0.717, 1.165) is 27.5 Å². The molecule has 0 bridgehead atoms. The highest BCUT2D eigenvalue weighted by Gasteiger charge is 2.04. The Kier molecular flexibility index (Phi) is 3.09. The summed E-state index contributed by atoms with van der Waals surface area (Å²) in [5.41, 5.74) is 0.856. The second-order valence-electron chi connectivity index (χ2n) is 4.08. The van der Waals surface area contributed by atoms with Gasteiger partial charge >= 0.3 is 0 Å². The van der Waals surface area contributed by atoms with E-state index >= 15 is 0 Å². The second-order valence-corrected chi connectivity index (χ2v) is 4.51. The molecule has 0 saturated heterocycles. The molecule has 2 aromatic heterocycles. The van der Waals surface area contributed by atoms with Gasteiger partial charge in [0.1, 0.15) is 17.1 Å². The average Bonchev–Trinajstić information content (AvgIpc) is 2.97. The molecule has 0 spiro atoms. The number of nitrogens with one attached hydrogen (secondary N) is 1. The van der Waals surface area contributed by atoms with Crippen LogP contribution in [0.1, 0.15) is 11.5 Å². The lowest BCUT2D eigenvalue weighted by atomic mass is 10.2. The lowest BCUT2D eigenvalue weighted by molar-refractivity contribution is 0.462. The normalized spacial score (nSPS) is 11.2. The summed E-state index contributed by atoms with van der Waals surface area (Å²) in [7, 11) is 0. The van der Waals surface area contributed by atoms with Gasteiger partial charge in [0.15, 0.2) is 0 Å². The van der Waals surface area contributed by atoms with Crippen LogP contribution in [0.4, 0.5) is 0 Å². The zero-order valence-electron chi connectivity index (χ0n) is 9.65. The summed E-state index contributed by atoms with van der Waals surface area (Å²) in [6.45, 7) is 1.35. The fourth-order valence-corrected chi connectivity index (χ4v) is 2.06. The lowest BCUT2D eigenvalue weighted by Gasteiger charge is -1.98. The summed E-state index contributed by atoms with van der Waals surface area (Å²) in [5, 5.41) is 5.01. The molecule has 3 rings (SSSR count). The highest BCUT2D eigenvalue weighted by molar-refractivity contribution is 6.31. The van der Waals surface area contributed by atoms with Crippen molar-refractivity contribution in [1.29, 1.82) is 0 Å². The fourth-order valence-electron chi connectivity index (χ4n) is 1.88. The van der Waals surface area contributed by atoms with Crippen molar-refractivity contribution in [3.05, 3.63) is 59.2 Å². The molecule has 0 unspecified atom stereocenters. The van der Waals surface area contributed by atoms with Crippen LogP contribution in [0.5, 0.6) is 0 Å².